The second kappa shape index (κ2) is 4.06. The Balaban J connectivity index is 2.63. The van der Waals surface area contributed by atoms with Crippen molar-refractivity contribution in [1.82, 2.24) is 4.98 Å². The van der Waals surface area contributed by atoms with Crippen molar-refractivity contribution in [3.8, 4) is 0 Å². The van der Waals surface area contributed by atoms with Crippen LogP contribution in [0, 0.1) is 5.82 Å². The summed E-state index contributed by atoms with van der Waals surface area (Å²) in [6, 6.07) is 2.71. The van der Waals surface area contributed by atoms with E-state index in [1.165, 1.54) is 18.3 Å². The van der Waals surface area contributed by atoms with Gasteiger partial charge in [0.1, 0.15) is 5.03 Å². The predicted molar refractivity (Wildman–Crippen MR) is 42.6 cm³/mol. The zero-order valence-corrected chi connectivity index (χ0v) is 6.84. The number of carboxylic acid groups (broad SMARTS) is 1. The molecule has 1 N–H and O–H groups in total. The Bertz CT molecular complexity index is 292. The molecule has 0 aliphatic carbocycles. The molecule has 0 aliphatic heterocycles. The molecule has 64 valence electrons. The smallest absolute Gasteiger partial charge is 0.313 e. The third kappa shape index (κ3) is 2.50. The van der Waals surface area contributed by atoms with Crippen LogP contribution in [0.25, 0.3) is 0 Å². The van der Waals surface area contributed by atoms with Crippen molar-refractivity contribution in [2.24, 2.45) is 0 Å². The number of aliphatic carboxylic acids is 1. The van der Waals surface area contributed by atoms with E-state index in [0.29, 0.717) is 0 Å². The quantitative estimate of drug-likeness (QED) is 0.726. The summed E-state index contributed by atoms with van der Waals surface area (Å²) in [4.78, 5) is 13.8. The number of carbonyl (C=O) groups is 1. The van der Waals surface area contributed by atoms with Crippen LogP contribution in [-0.2, 0) is 4.79 Å². The van der Waals surface area contributed by atoms with Gasteiger partial charge in [0, 0.05) is 6.20 Å². The number of nitrogens with zero attached hydrogens (tertiary/aromatic N) is 1. The minimum absolute atomic E-state index is 0.125. The average molecular weight is 187 g/mol. The first kappa shape index (κ1) is 8.99. The molecule has 1 aromatic rings. The molecule has 0 radical (unpaired) electrons. The molecule has 12 heavy (non-hydrogen) atoms. The molecule has 0 aromatic carbocycles. The molecule has 0 atom stereocenters. The van der Waals surface area contributed by atoms with Crippen molar-refractivity contribution in [2.45, 2.75) is 5.03 Å². The summed E-state index contributed by atoms with van der Waals surface area (Å²) in [7, 11) is 0. The third-order valence-electron chi connectivity index (χ3n) is 1.06. The minimum atomic E-state index is -0.981. The summed E-state index contributed by atoms with van der Waals surface area (Å²) in [6.45, 7) is 0. The van der Waals surface area contributed by atoms with Gasteiger partial charge in [0.05, 0.1) is 5.75 Å². The summed E-state index contributed by atoms with van der Waals surface area (Å²) < 4.78 is 12.8. The fraction of sp³-hybridized carbons (Fsp3) is 0.143. The molecular weight excluding hydrogens is 181 g/mol. The molecule has 1 rings (SSSR count). The molecule has 5 heteroatoms. The van der Waals surface area contributed by atoms with E-state index in [1.54, 1.807) is 0 Å². The maximum Gasteiger partial charge on any atom is 0.313 e. The molecule has 3 nitrogen and oxygen atoms in total. The third-order valence-corrected chi connectivity index (χ3v) is 2.02. The van der Waals surface area contributed by atoms with Crippen molar-refractivity contribution >= 4 is 17.7 Å². The lowest BCUT2D eigenvalue weighted by atomic mass is 10.5. The van der Waals surface area contributed by atoms with Crippen LogP contribution in [-0.4, -0.2) is 21.8 Å². The van der Waals surface area contributed by atoms with E-state index in [9.17, 15) is 9.18 Å². The van der Waals surface area contributed by atoms with Crippen molar-refractivity contribution in [1.29, 1.82) is 0 Å². The first-order chi connectivity index (χ1) is 5.70. The molecule has 1 aromatic heterocycles. The second-order valence-corrected chi connectivity index (χ2v) is 2.94. The van der Waals surface area contributed by atoms with Gasteiger partial charge >= 0.3 is 5.97 Å². The van der Waals surface area contributed by atoms with Crippen LogP contribution in [0.4, 0.5) is 4.39 Å². The van der Waals surface area contributed by atoms with Gasteiger partial charge in [-0.2, -0.15) is 0 Å². The van der Waals surface area contributed by atoms with E-state index in [-0.39, 0.29) is 10.8 Å². The number of pyridine rings is 1. The number of hydrogen-bond donors (Lipinski definition) is 1. The van der Waals surface area contributed by atoms with Crippen LogP contribution in [0.5, 0.6) is 0 Å². The van der Waals surface area contributed by atoms with Gasteiger partial charge in [0.2, 0.25) is 0 Å². The topological polar surface area (TPSA) is 50.2 Å². The lowest BCUT2D eigenvalue weighted by Crippen LogP contribution is -1.98. The van der Waals surface area contributed by atoms with E-state index < -0.39 is 11.8 Å². The first-order valence-electron chi connectivity index (χ1n) is 3.15. The van der Waals surface area contributed by atoms with Crippen molar-refractivity contribution < 1.29 is 14.3 Å². The van der Waals surface area contributed by atoms with Crippen LogP contribution < -0.4 is 0 Å². The highest BCUT2D eigenvalue weighted by Crippen LogP contribution is 2.17. The maximum atomic E-state index is 12.8. The summed E-state index contributed by atoms with van der Waals surface area (Å²) in [5.41, 5.74) is 0. The molecule has 0 bridgehead atoms. The molecule has 1 heterocycles. The Morgan fingerprint density at radius 2 is 2.50 bits per heavy atom. The number of aromatic nitrogens is 1. The first-order valence-corrected chi connectivity index (χ1v) is 4.14. The lowest BCUT2D eigenvalue weighted by Gasteiger charge is -1.97. The SMILES string of the molecule is O=C(O)CSc1ncccc1F. The van der Waals surface area contributed by atoms with E-state index in [2.05, 4.69) is 4.98 Å². The van der Waals surface area contributed by atoms with Crippen LogP contribution in [0.2, 0.25) is 0 Å². The molecule has 0 spiro atoms. The van der Waals surface area contributed by atoms with Crippen LogP contribution >= 0.6 is 11.8 Å². The van der Waals surface area contributed by atoms with Gasteiger partial charge in [-0.1, -0.05) is 11.8 Å². The highest BCUT2D eigenvalue weighted by Gasteiger charge is 2.05. The summed E-state index contributed by atoms with van der Waals surface area (Å²) >= 11 is 0.869. The molecule has 0 amide bonds. The Kier molecular flexibility index (Phi) is 3.04. The Morgan fingerprint density at radius 3 is 3.08 bits per heavy atom. The molecular formula is C7H6FNO2S. The van der Waals surface area contributed by atoms with Gasteiger partial charge in [0.15, 0.2) is 5.82 Å². The van der Waals surface area contributed by atoms with Gasteiger partial charge in [-0.15, -0.1) is 0 Å². The molecule has 0 saturated heterocycles. The average Bonchev–Trinajstić information content (AvgIpc) is 2.03. The minimum Gasteiger partial charge on any atom is -0.481 e. The fourth-order valence-corrected chi connectivity index (χ4v) is 1.21. The maximum absolute atomic E-state index is 12.8. The van der Waals surface area contributed by atoms with E-state index in [0.717, 1.165) is 11.8 Å². The van der Waals surface area contributed by atoms with Gasteiger partial charge < -0.3 is 5.11 Å². The normalized spacial score (nSPS) is 9.75. The van der Waals surface area contributed by atoms with Gasteiger partial charge in [0.25, 0.3) is 0 Å². The van der Waals surface area contributed by atoms with Crippen molar-refractivity contribution in [2.75, 3.05) is 5.75 Å². The van der Waals surface area contributed by atoms with Crippen molar-refractivity contribution in [3.63, 3.8) is 0 Å². The molecule has 0 fully saturated rings. The highest BCUT2D eigenvalue weighted by molar-refractivity contribution is 7.99. The highest BCUT2D eigenvalue weighted by atomic mass is 32.2. The monoisotopic (exact) mass is 187 g/mol. The second-order valence-electron chi connectivity index (χ2n) is 1.97. The molecule has 0 unspecified atom stereocenters. The van der Waals surface area contributed by atoms with Crippen LogP contribution in [0.1, 0.15) is 0 Å². The Labute approximate surface area is 72.6 Å². The largest absolute Gasteiger partial charge is 0.481 e. The van der Waals surface area contributed by atoms with Crippen LogP contribution in [0.15, 0.2) is 23.4 Å². The van der Waals surface area contributed by atoms with Gasteiger partial charge in [-0.3, -0.25) is 4.79 Å². The van der Waals surface area contributed by atoms with Crippen LogP contribution in [0.3, 0.4) is 0 Å². The molecule has 0 saturated carbocycles. The number of thioether (sulfide) groups is 1. The van der Waals surface area contributed by atoms with Gasteiger partial charge in [-0.25, -0.2) is 9.37 Å². The van der Waals surface area contributed by atoms with Gasteiger partial charge in [-0.05, 0) is 12.1 Å². The summed E-state index contributed by atoms with van der Waals surface area (Å²) in [5, 5.41) is 8.42. The standard InChI is InChI=1S/C7H6FNO2S/c8-5-2-1-3-9-7(5)12-4-6(10)11/h1-3H,4H2,(H,10,11). The zero-order chi connectivity index (χ0) is 8.97. The van der Waals surface area contributed by atoms with E-state index in [1.807, 2.05) is 0 Å². The lowest BCUT2D eigenvalue weighted by molar-refractivity contribution is -0.133. The van der Waals surface area contributed by atoms with E-state index in [4.69, 9.17) is 5.11 Å². The van der Waals surface area contributed by atoms with E-state index >= 15 is 0 Å². The number of hydrogen-bond acceptors (Lipinski definition) is 3. The Hall–Kier alpha value is -1.10. The van der Waals surface area contributed by atoms with Crippen molar-refractivity contribution in [3.05, 3.63) is 24.1 Å². The molecule has 0 aliphatic rings. The number of rotatable bonds is 3. The Morgan fingerprint density at radius 1 is 1.75 bits per heavy atom. The summed E-state index contributed by atoms with van der Waals surface area (Å²) in [5.74, 6) is -1.64. The number of halogens is 1. The summed E-state index contributed by atoms with van der Waals surface area (Å²) in [6.07, 6.45) is 1.42. The number of carboxylic acids is 1. The fourth-order valence-electron chi connectivity index (χ4n) is 0.608. The zero-order valence-electron chi connectivity index (χ0n) is 6.03. The predicted octanol–water partition coefficient (Wildman–Crippen LogP) is 1.40.